The summed E-state index contributed by atoms with van der Waals surface area (Å²) in [5.74, 6) is 0.574. The minimum atomic E-state index is -0.546. The Kier molecular flexibility index (Phi) is 8.25. The molecule has 1 amide bonds. The number of allylic oxidation sites excluding steroid dienone is 1. The molecule has 0 spiro atoms. The number of ether oxygens (including phenoxy) is 4. The molecular weight excluding hydrogens is 482 g/mol. The third-order valence-corrected chi connectivity index (χ3v) is 7.07. The van der Waals surface area contributed by atoms with Gasteiger partial charge in [0.15, 0.2) is 16.7 Å². The van der Waals surface area contributed by atoms with E-state index in [4.69, 9.17) is 23.9 Å². The molecule has 1 aromatic rings. The van der Waals surface area contributed by atoms with Gasteiger partial charge in [0.05, 0.1) is 50.2 Å². The molecule has 36 heavy (non-hydrogen) atoms. The second-order valence-electron chi connectivity index (χ2n) is 9.08. The van der Waals surface area contributed by atoms with Crippen molar-refractivity contribution in [2.75, 3.05) is 27.4 Å². The Hall–Kier alpha value is -2.98. The first-order valence-corrected chi connectivity index (χ1v) is 13.0. The van der Waals surface area contributed by atoms with Crippen LogP contribution in [0.3, 0.4) is 0 Å². The molecular formula is C26H33N3O6S. The highest BCUT2D eigenvalue weighted by Crippen LogP contribution is 2.46. The van der Waals surface area contributed by atoms with E-state index < -0.39 is 12.0 Å². The fraction of sp³-hybridized carbons (Fsp3) is 0.500. The fourth-order valence-electron chi connectivity index (χ4n) is 4.51. The van der Waals surface area contributed by atoms with Crippen molar-refractivity contribution in [3.8, 4) is 11.5 Å². The van der Waals surface area contributed by atoms with Crippen LogP contribution in [-0.2, 0) is 19.1 Å². The first kappa shape index (κ1) is 26.1. The molecule has 9 nitrogen and oxygen atoms in total. The molecule has 194 valence electrons. The fourth-order valence-corrected chi connectivity index (χ4v) is 5.47. The Morgan fingerprint density at radius 1 is 1.25 bits per heavy atom. The standard InChI is InChI=1S/C26H33N3O6S/c1-15(2)35-25(31)23-16(3)28-26-29(24(23)17-8-9-20(32-4)21(11-17)33-5)18(14-36-26)12-22(30)27-13-19-7-6-10-34-19/h8-9,11,14-15,19,24H,6-7,10,12-13H2,1-5H3,(H,27,30). The summed E-state index contributed by atoms with van der Waals surface area (Å²) in [6, 6.07) is 5.00. The van der Waals surface area contributed by atoms with E-state index in [1.165, 1.54) is 11.8 Å². The number of methoxy groups -OCH3 is 2. The molecule has 0 aliphatic carbocycles. The third kappa shape index (κ3) is 5.54. The van der Waals surface area contributed by atoms with E-state index in [2.05, 4.69) is 5.32 Å². The normalized spacial score (nSPS) is 21.2. The SMILES string of the molecule is COc1ccc(C2C(C(=O)OC(C)C)=C(C)N=C3SC=C(CC(=O)NCC4CCCO4)N32)cc1OC. The lowest BCUT2D eigenvalue weighted by Gasteiger charge is -2.36. The van der Waals surface area contributed by atoms with Crippen molar-refractivity contribution in [1.82, 2.24) is 10.2 Å². The van der Waals surface area contributed by atoms with Gasteiger partial charge >= 0.3 is 5.97 Å². The van der Waals surface area contributed by atoms with Crippen LogP contribution in [0, 0.1) is 0 Å². The van der Waals surface area contributed by atoms with Crippen molar-refractivity contribution >= 4 is 28.8 Å². The molecule has 1 saturated heterocycles. The van der Waals surface area contributed by atoms with Gasteiger partial charge in [-0.05, 0) is 56.7 Å². The predicted octanol–water partition coefficient (Wildman–Crippen LogP) is 3.92. The van der Waals surface area contributed by atoms with Gasteiger partial charge in [0.2, 0.25) is 5.91 Å². The quantitative estimate of drug-likeness (QED) is 0.494. The van der Waals surface area contributed by atoms with Crippen molar-refractivity contribution in [3.05, 3.63) is 46.1 Å². The molecule has 1 fully saturated rings. The zero-order valence-corrected chi connectivity index (χ0v) is 22.1. The van der Waals surface area contributed by atoms with Gasteiger partial charge in [-0.2, -0.15) is 0 Å². The second-order valence-corrected chi connectivity index (χ2v) is 9.91. The van der Waals surface area contributed by atoms with Crippen LogP contribution >= 0.6 is 11.8 Å². The maximum absolute atomic E-state index is 13.3. The van der Waals surface area contributed by atoms with Crippen molar-refractivity contribution < 1.29 is 28.5 Å². The first-order valence-electron chi connectivity index (χ1n) is 12.1. The maximum Gasteiger partial charge on any atom is 0.338 e. The molecule has 0 bridgehead atoms. The molecule has 2 atom stereocenters. The van der Waals surface area contributed by atoms with Gasteiger partial charge in [-0.15, -0.1) is 0 Å². The Morgan fingerprint density at radius 2 is 2.03 bits per heavy atom. The number of rotatable bonds is 9. The zero-order chi connectivity index (χ0) is 25.8. The number of esters is 1. The van der Waals surface area contributed by atoms with E-state index in [-0.39, 0.29) is 24.5 Å². The number of hydrogen-bond donors (Lipinski definition) is 1. The average molecular weight is 516 g/mol. The van der Waals surface area contributed by atoms with E-state index in [9.17, 15) is 9.59 Å². The summed E-state index contributed by atoms with van der Waals surface area (Å²) < 4.78 is 22.2. The van der Waals surface area contributed by atoms with Crippen LogP contribution in [0.1, 0.15) is 51.6 Å². The number of carbonyl (C=O) groups is 2. The number of nitrogens with one attached hydrogen (secondary N) is 1. The van der Waals surface area contributed by atoms with Crippen LogP contribution in [0.15, 0.2) is 45.6 Å². The summed E-state index contributed by atoms with van der Waals surface area (Å²) in [4.78, 5) is 32.8. The van der Waals surface area contributed by atoms with Crippen LogP contribution in [0.25, 0.3) is 0 Å². The van der Waals surface area contributed by atoms with Crippen molar-refractivity contribution in [3.63, 3.8) is 0 Å². The maximum atomic E-state index is 13.3. The van der Waals surface area contributed by atoms with Crippen LogP contribution in [-0.4, -0.2) is 61.5 Å². The predicted molar refractivity (Wildman–Crippen MR) is 138 cm³/mol. The van der Waals surface area contributed by atoms with Gasteiger partial charge in [0, 0.05) is 18.8 Å². The van der Waals surface area contributed by atoms with Crippen molar-refractivity contribution in [2.45, 2.75) is 58.3 Å². The van der Waals surface area contributed by atoms with Crippen molar-refractivity contribution in [1.29, 1.82) is 0 Å². The molecule has 3 heterocycles. The summed E-state index contributed by atoms with van der Waals surface area (Å²) in [6.45, 7) is 6.66. The molecule has 0 saturated carbocycles. The van der Waals surface area contributed by atoms with Crippen LogP contribution in [0.5, 0.6) is 11.5 Å². The average Bonchev–Trinajstić information content (AvgIpc) is 3.51. The largest absolute Gasteiger partial charge is 0.493 e. The summed E-state index contributed by atoms with van der Waals surface area (Å²) in [7, 11) is 3.14. The molecule has 10 heteroatoms. The monoisotopic (exact) mass is 515 g/mol. The van der Waals surface area contributed by atoms with Crippen LogP contribution in [0.2, 0.25) is 0 Å². The third-order valence-electron chi connectivity index (χ3n) is 6.18. The van der Waals surface area contributed by atoms with Gasteiger partial charge in [0.25, 0.3) is 0 Å². The minimum Gasteiger partial charge on any atom is -0.493 e. The van der Waals surface area contributed by atoms with E-state index >= 15 is 0 Å². The number of hydrogen-bond acceptors (Lipinski definition) is 9. The number of amidine groups is 1. The minimum absolute atomic E-state index is 0.0653. The van der Waals surface area contributed by atoms with Gasteiger partial charge in [-0.1, -0.05) is 17.8 Å². The first-order chi connectivity index (χ1) is 17.3. The highest BCUT2D eigenvalue weighted by molar-refractivity contribution is 8.16. The Morgan fingerprint density at radius 3 is 2.69 bits per heavy atom. The molecule has 1 N–H and O–H groups in total. The van der Waals surface area contributed by atoms with E-state index in [0.717, 1.165) is 30.7 Å². The van der Waals surface area contributed by atoms with Gasteiger partial charge < -0.3 is 29.2 Å². The highest BCUT2D eigenvalue weighted by atomic mass is 32.2. The topological polar surface area (TPSA) is 98.7 Å². The van der Waals surface area contributed by atoms with Gasteiger partial charge in [0.1, 0.15) is 0 Å². The number of amides is 1. The lowest BCUT2D eigenvalue weighted by molar-refractivity contribution is -0.143. The summed E-state index contributed by atoms with van der Waals surface area (Å²) in [5.41, 5.74) is 2.55. The molecule has 3 aliphatic heterocycles. The Balaban J connectivity index is 1.66. The number of fused-ring (bicyclic) bond motifs is 1. The molecule has 3 aliphatic rings. The van der Waals surface area contributed by atoms with Gasteiger partial charge in [-0.3, -0.25) is 4.79 Å². The number of carbonyl (C=O) groups excluding carboxylic acids is 2. The van der Waals surface area contributed by atoms with Crippen molar-refractivity contribution in [2.24, 2.45) is 4.99 Å². The molecule has 2 unspecified atom stereocenters. The number of aliphatic imine (C=N–C) groups is 1. The summed E-state index contributed by atoms with van der Waals surface area (Å²) in [5, 5.41) is 5.61. The second kappa shape index (κ2) is 11.4. The van der Waals surface area contributed by atoms with E-state index in [1.54, 1.807) is 20.3 Å². The summed E-state index contributed by atoms with van der Waals surface area (Å²) >= 11 is 1.43. The van der Waals surface area contributed by atoms with E-state index in [0.29, 0.717) is 34.5 Å². The molecule has 4 rings (SSSR count). The van der Waals surface area contributed by atoms with Crippen LogP contribution in [0.4, 0.5) is 0 Å². The highest BCUT2D eigenvalue weighted by Gasteiger charge is 2.41. The van der Waals surface area contributed by atoms with Gasteiger partial charge in [-0.25, -0.2) is 9.79 Å². The lowest BCUT2D eigenvalue weighted by atomic mass is 9.93. The van der Waals surface area contributed by atoms with E-state index in [1.807, 2.05) is 43.2 Å². The number of thioether (sulfide) groups is 1. The smallest absolute Gasteiger partial charge is 0.338 e. The van der Waals surface area contributed by atoms with Crippen LogP contribution < -0.4 is 14.8 Å². The Labute approximate surface area is 215 Å². The molecule has 0 radical (unpaired) electrons. The summed E-state index contributed by atoms with van der Waals surface area (Å²) in [6.07, 6.45) is 1.89. The molecule has 1 aromatic carbocycles. The zero-order valence-electron chi connectivity index (χ0n) is 21.3. The lowest BCUT2D eigenvalue weighted by Crippen LogP contribution is -2.39. The Bertz CT molecular complexity index is 1110. The number of benzene rings is 1. The number of nitrogens with zero attached hydrogens (tertiary/aromatic N) is 2. The molecule has 0 aromatic heterocycles.